The summed E-state index contributed by atoms with van der Waals surface area (Å²) in [5, 5.41) is 9.18. The van der Waals surface area contributed by atoms with Gasteiger partial charge in [0.05, 0.1) is 18.9 Å². The molecule has 4 nitrogen and oxygen atoms in total. The fourth-order valence-electron chi connectivity index (χ4n) is 2.04. The van der Waals surface area contributed by atoms with Crippen molar-refractivity contribution in [2.45, 2.75) is 13.0 Å². The highest BCUT2D eigenvalue weighted by Gasteiger charge is 2.12. The smallest absolute Gasteiger partial charge is 0.335 e. The molecule has 0 heterocycles. The van der Waals surface area contributed by atoms with Crippen LogP contribution < -0.4 is 4.74 Å². The van der Waals surface area contributed by atoms with Crippen LogP contribution in [0.2, 0.25) is 0 Å². The van der Waals surface area contributed by atoms with Crippen molar-refractivity contribution in [3.05, 3.63) is 77.6 Å². The van der Waals surface area contributed by atoms with E-state index in [-0.39, 0.29) is 12.0 Å². The van der Waals surface area contributed by atoms with E-state index in [4.69, 9.17) is 9.47 Å². The first-order valence-corrected chi connectivity index (χ1v) is 6.90. The van der Waals surface area contributed by atoms with Gasteiger partial charge in [0.15, 0.2) is 0 Å². The lowest BCUT2D eigenvalue weighted by molar-refractivity contribution is -0.132. The third-order valence-corrected chi connectivity index (χ3v) is 3.13. The summed E-state index contributed by atoms with van der Waals surface area (Å²) in [5.74, 6) is -0.325. The third-order valence-electron chi connectivity index (χ3n) is 3.13. The Morgan fingerprint density at radius 3 is 2.45 bits per heavy atom. The minimum atomic E-state index is -1.00. The summed E-state index contributed by atoms with van der Waals surface area (Å²) in [6, 6.07) is 17.2. The van der Waals surface area contributed by atoms with Gasteiger partial charge in [-0.3, -0.25) is 0 Å². The molecule has 2 rings (SSSR count). The number of aliphatic carboxylic acids is 1. The summed E-state index contributed by atoms with van der Waals surface area (Å²) in [5.41, 5.74) is 2.05. The summed E-state index contributed by atoms with van der Waals surface area (Å²) < 4.78 is 10.6. The largest absolute Gasteiger partial charge is 0.504 e. The Hall–Kier alpha value is -2.75. The second-order valence-electron chi connectivity index (χ2n) is 4.74. The zero-order valence-corrected chi connectivity index (χ0v) is 12.4. The maximum atomic E-state index is 11.2. The Morgan fingerprint density at radius 1 is 1.09 bits per heavy atom. The molecule has 0 aliphatic rings. The molecule has 1 N–H and O–H groups in total. The van der Waals surface area contributed by atoms with Gasteiger partial charge in [0, 0.05) is 6.42 Å². The molecule has 0 spiro atoms. The van der Waals surface area contributed by atoms with E-state index in [1.807, 2.05) is 54.6 Å². The zero-order valence-electron chi connectivity index (χ0n) is 12.4. The Bertz CT molecular complexity index is 647. The van der Waals surface area contributed by atoms with Crippen molar-refractivity contribution in [2.75, 3.05) is 7.11 Å². The number of rotatable bonds is 7. The van der Waals surface area contributed by atoms with Crippen LogP contribution in [0.3, 0.4) is 0 Å². The number of hydrogen-bond donors (Lipinski definition) is 1. The molecule has 0 bridgehead atoms. The summed E-state index contributed by atoms with van der Waals surface area (Å²) in [4.78, 5) is 11.2. The van der Waals surface area contributed by atoms with Crippen LogP contribution in [0.1, 0.15) is 11.1 Å². The van der Waals surface area contributed by atoms with Gasteiger partial charge >= 0.3 is 5.97 Å². The van der Waals surface area contributed by atoms with E-state index < -0.39 is 5.97 Å². The molecule has 0 unspecified atom stereocenters. The summed E-state index contributed by atoms with van der Waals surface area (Å²) in [7, 11) is 1.43. The molecule has 0 atom stereocenters. The summed E-state index contributed by atoms with van der Waals surface area (Å²) in [6.07, 6.45) is 1.49. The number of para-hydroxylation sites is 1. The van der Waals surface area contributed by atoms with E-state index in [9.17, 15) is 9.90 Å². The van der Waals surface area contributed by atoms with E-state index in [0.717, 1.165) is 11.1 Å². The topological polar surface area (TPSA) is 55.8 Å². The average molecular weight is 298 g/mol. The lowest BCUT2D eigenvalue weighted by atomic mass is 10.1. The lowest BCUT2D eigenvalue weighted by Crippen LogP contribution is -2.06. The van der Waals surface area contributed by atoms with E-state index in [1.54, 1.807) is 0 Å². The van der Waals surface area contributed by atoms with Crippen molar-refractivity contribution >= 4 is 5.97 Å². The molecule has 0 saturated carbocycles. The number of ether oxygens (including phenoxy) is 2. The SMILES string of the molecule is CO/C=C(\Cc1ccccc1OCc1ccccc1)C(=O)O. The average Bonchev–Trinajstić information content (AvgIpc) is 2.54. The van der Waals surface area contributed by atoms with Crippen molar-refractivity contribution in [3.63, 3.8) is 0 Å². The maximum Gasteiger partial charge on any atom is 0.335 e. The van der Waals surface area contributed by atoms with Gasteiger partial charge in [-0.25, -0.2) is 4.79 Å². The summed E-state index contributed by atoms with van der Waals surface area (Å²) >= 11 is 0. The van der Waals surface area contributed by atoms with Gasteiger partial charge in [0.1, 0.15) is 12.4 Å². The van der Waals surface area contributed by atoms with Crippen LogP contribution in [0.4, 0.5) is 0 Å². The van der Waals surface area contributed by atoms with Crippen molar-refractivity contribution < 1.29 is 19.4 Å². The number of hydrogen-bond acceptors (Lipinski definition) is 3. The monoisotopic (exact) mass is 298 g/mol. The molecule has 0 saturated heterocycles. The standard InChI is InChI=1S/C18H18O4/c1-21-13-16(18(19)20)11-15-9-5-6-10-17(15)22-12-14-7-3-2-4-8-14/h2-10,13H,11-12H2,1H3,(H,19,20)/b16-13+. The van der Waals surface area contributed by atoms with Crippen molar-refractivity contribution in [1.29, 1.82) is 0 Å². The number of benzene rings is 2. The van der Waals surface area contributed by atoms with Crippen LogP contribution in [-0.2, 0) is 22.6 Å². The minimum absolute atomic E-state index is 0.179. The molecular formula is C18H18O4. The Morgan fingerprint density at radius 2 is 1.77 bits per heavy atom. The molecule has 114 valence electrons. The molecular weight excluding hydrogens is 280 g/mol. The first kappa shape index (κ1) is 15.6. The molecule has 0 radical (unpaired) electrons. The van der Waals surface area contributed by atoms with Crippen LogP contribution in [0.15, 0.2) is 66.4 Å². The minimum Gasteiger partial charge on any atom is -0.504 e. The molecule has 22 heavy (non-hydrogen) atoms. The quantitative estimate of drug-likeness (QED) is 0.628. The first-order chi connectivity index (χ1) is 10.7. The number of carboxylic acid groups (broad SMARTS) is 1. The van der Waals surface area contributed by atoms with Crippen molar-refractivity contribution in [1.82, 2.24) is 0 Å². The molecule has 0 aromatic heterocycles. The normalized spacial score (nSPS) is 11.0. The molecule has 4 heteroatoms. The molecule has 0 aliphatic carbocycles. The van der Waals surface area contributed by atoms with Gasteiger partial charge in [0.2, 0.25) is 0 Å². The van der Waals surface area contributed by atoms with E-state index in [1.165, 1.54) is 13.4 Å². The third kappa shape index (κ3) is 4.38. The van der Waals surface area contributed by atoms with Crippen LogP contribution >= 0.6 is 0 Å². The Kier molecular flexibility index (Phi) is 5.60. The highest BCUT2D eigenvalue weighted by molar-refractivity contribution is 5.86. The fraction of sp³-hybridized carbons (Fsp3) is 0.167. The van der Waals surface area contributed by atoms with E-state index in [2.05, 4.69) is 0 Å². The second kappa shape index (κ2) is 7.88. The van der Waals surface area contributed by atoms with Crippen LogP contribution in [0.25, 0.3) is 0 Å². The number of carboxylic acids is 1. The predicted molar refractivity (Wildman–Crippen MR) is 83.6 cm³/mol. The highest BCUT2D eigenvalue weighted by atomic mass is 16.5. The Labute approximate surface area is 129 Å². The van der Waals surface area contributed by atoms with Crippen LogP contribution in [0.5, 0.6) is 5.75 Å². The van der Waals surface area contributed by atoms with Gasteiger partial charge < -0.3 is 14.6 Å². The highest BCUT2D eigenvalue weighted by Crippen LogP contribution is 2.22. The van der Waals surface area contributed by atoms with Gasteiger partial charge in [0.25, 0.3) is 0 Å². The second-order valence-corrected chi connectivity index (χ2v) is 4.74. The molecule has 0 amide bonds. The number of carbonyl (C=O) groups is 1. The van der Waals surface area contributed by atoms with Crippen molar-refractivity contribution in [2.24, 2.45) is 0 Å². The van der Waals surface area contributed by atoms with E-state index >= 15 is 0 Å². The molecule has 0 fully saturated rings. The van der Waals surface area contributed by atoms with Crippen LogP contribution in [-0.4, -0.2) is 18.2 Å². The van der Waals surface area contributed by atoms with Gasteiger partial charge in [-0.15, -0.1) is 0 Å². The Balaban J connectivity index is 2.13. The molecule has 0 aliphatic heterocycles. The molecule has 2 aromatic carbocycles. The molecule has 2 aromatic rings. The van der Waals surface area contributed by atoms with Crippen molar-refractivity contribution in [3.8, 4) is 5.75 Å². The maximum absolute atomic E-state index is 11.2. The van der Waals surface area contributed by atoms with Gasteiger partial charge in [-0.05, 0) is 17.2 Å². The lowest BCUT2D eigenvalue weighted by Gasteiger charge is -2.12. The fourth-order valence-corrected chi connectivity index (χ4v) is 2.04. The first-order valence-electron chi connectivity index (χ1n) is 6.90. The van der Waals surface area contributed by atoms with Crippen LogP contribution in [0, 0.1) is 0 Å². The number of methoxy groups -OCH3 is 1. The van der Waals surface area contributed by atoms with Gasteiger partial charge in [-0.2, -0.15) is 0 Å². The predicted octanol–water partition coefficient (Wildman–Crippen LogP) is 3.42. The van der Waals surface area contributed by atoms with Gasteiger partial charge in [-0.1, -0.05) is 48.5 Å². The van der Waals surface area contributed by atoms with E-state index in [0.29, 0.717) is 12.4 Å². The summed E-state index contributed by atoms with van der Waals surface area (Å²) in [6.45, 7) is 0.439. The zero-order chi connectivity index (χ0) is 15.8.